The summed E-state index contributed by atoms with van der Waals surface area (Å²) in [5.74, 6) is 0.398. The summed E-state index contributed by atoms with van der Waals surface area (Å²) in [7, 11) is -2.18. The van der Waals surface area contributed by atoms with Gasteiger partial charge in [0.2, 0.25) is 10.0 Å². The predicted molar refractivity (Wildman–Crippen MR) is 102 cm³/mol. The van der Waals surface area contributed by atoms with Crippen molar-refractivity contribution in [3.05, 3.63) is 57.6 Å². The van der Waals surface area contributed by atoms with E-state index in [-0.39, 0.29) is 23.7 Å². The van der Waals surface area contributed by atoms with Crippen LogP contribution in [0.4, 0.5) is 11.4 Å². The van der Waals surface area contributed by atoms with Gasteiger partial charge in [-0.3, -0.25) is 10.1 Å². The van der Waals surface area contributed by atoms with Gasteiger partial charge in [0.05, 0.1) is 23.0 Å². The van der Waals surface area contributed by atoms with Gasteiger partial charge in [-0.05, 0) is 36.4 Å². The minimum absolute atomic E-state index is 0.0663. The van der Waals surface area contributed by atoms with E-state index in [1.165, 1.54) is 41.7 Å². The van der Waals surface area contributed by atoms with Crippen molar-refractivity contribution in [2.24, 2.45) is 0 Å². The number of ether oxygens (including phenoxy) is 1. The van der Waals surface area contributed by atoms with Gasteiger partial charge in [-0.15, -0.1) is 0 Å². The second-order valence-electron chi connectivity index (χ2n) is 5.96. The lowest BCUT2D eigenvalue weighted by molar-refractivity contribution is -0.384. The smallest absolute Gasteiger partial charge is 0.296 e. The minimum Gasteiger partial charge on any atom is -0.496 e. The number of piperazine rings is 1. The summed E-state index contributed by atoms with van der Waals surface area (Å²) in [6, 6.07) is 10.7. The average Bonchev–Trinajstić information content (AvgIpc) is 2.68. The molecule has 0 spiro atoms. The Hall–Kier alpha value is -2.36. The van der Waals surface area contributed by atoms with E-state index in [1.54, 1.807) is 12.1 Å². The van der Waals surface area contributed by atoms with Crippen LogP contribution in [0.5, 0.6) is 5.75 Å². The summed E-state index contributed by atoms with van der Waals surface area (Å²) < 4.78 is 31.9. The minimum atomic E-state index is -3.63. The van der Waals surface area contributed by atoms with Crippen molar-refractivity contribution in [1.82, 2.24) is 4.31 Å². The zero-order chi connectivity index (χ0) is 19.6. The molecule has 0 amide bonds. The number of sulfonamides is 1. The summed E-state index contributed by atoms with van der Waals surface area (Å²) in [5, 5.41) is 11.8. The molecule has 1 aliphatic heterocycles. The van der Waals surface area contributed by atoms with Crippen molar-refractivity contribution >= 4 is 33.0 Å². The van der Waals surface area contributed by atoms with Crippen LogP contribution in [0.25, 0.3) is 0 Å². The zero-order valence-electron chi connectivity index (χ0n) is 14.5. The van der Waals surface area contributed by atoms with Gasteiger partial charge in [0.1, 0.15) is 11.4 Å². The number of nitro groups is 1. The highest BCUT2D eigenvalue weighted by molar-refractivity contribution is 7.89. The molecule has 1 fully saturated rings. The molecule has 0 bridgehead atoms. The molecule has 1 saturated heterocycles. The Bertz CT molecular complexity index is 942. The van der Waals surface area contributed by atoms with Gasteiger partial charge in [0.15, 0.2) is 0 Å². The lowest BCUT2D eigenvalue weighted by Gasteiger charge is -2.35. The van der Waals surface area contributed by atoms with Gasteiger partial charge in [-0.1, -0.05) is 11.6 Å². The SMILES string of the molecule is COc1ccc(N2CCN(S(=O)(=O)c3ccc(Cl)cc3)CC2)c([N+](=O)[O-])c1. The maximum Gasteiger partial charge on any atom is 0.296 e. The van der Waals surface area contributed by atoms with Gasteiger partial charge in [-0.25, -0.2) is 8.42 Å². The van der Waals surface area contributed by atoms with Crippen LogP contribution in [0.2, 0.25) is 5.02 Å². The van der Waals surface area contributed by atoms with Crippen molar-refractivity contribution in [3.8, 4) is 5.75 Å². The van der Waals surface area contributed by atoms with Gasteiger partial charge in [0.25, 0.3) is 5.69 Å². The summed E-state index contributed by atoms with van der Waals surface area (Å²) in [4.78, 5) is 12.9. The molecule has 3 rings (SSSR count). The summed E-state index contributed by atoms with van der Waals surface area (Å²) in [6.45, 7) is 1.16. The van der Waals surface area contributed by atoms with E-state index in [2.05, 4.69) is 0 Å². The van der Waals surface area contributed by atoms with Crippen LogP contribution >= 0.6 is 11.6 Å². The van der Waals surface area contributed by atoms with Gasteiger partial charge in [0, 0.05) is 31.2 Å². The van der Waals surface area contributed by atoms with Gasteiger partial charge >= 0.3 is 0 Å². The Morgan fingerprint density at radius 1 is 1.07 bits per heavy atom. The molecule has 0 unspecified atom stereocenters. The summed E-state index contributed by atoms with van der Waals surface area (Å²) in [6.07, 6.45) is 0. The molecule has 2 aromatic rings. The molecule has 0 aromatic heterocycles. The van der Waals surface area contributed by atoms with E-state index < -0.39 is 14.9 Å². The quantitative estimate of drug-likeness (QED) is 0.554. The molecule has 0 saturated carbocycles. The highest BCUT2D eigenvalue weighted by atomic mass is 35.5. The van der Waals surface area contributed by atoms with Crippen LogP contribution in [0.3, 0.4) is 0 Å². The highest BCUT2D eigenvalue weighted by Gasteiger charge is 2.30. The van der Waals surface area contributed by atoms with E-state index in [4.69, 9.17) is 16.3 Å². The molecule has 144 valence electrons. The van der Waals surface area contributed by atoms with Crippen LogP contribution in [0.1, 0.15) is 0 Å². The first-order chi connectivity index (χ1) is 12.8. The Balaban J connectivity index is 1.78. The molecule has 1 heterocycles. The molecule has 27 heavy (non-hydrogen) atoms. The van der Waals surface area contributed by atoms with E-state index in [1.807, 2.05) is 4.90 Å². The number of benzene rings is 2. The molecule has 8 nitrogen and oxygen atoms in total. The van der Waals surface area contributed by atoms with Crippen LogP contribution in [0.15, 0.2) is 47.4 Å². The van der Waals surface area contributed by atoms with E-state index >= 15 is 0 Å². The molecule has 0 radical (unpaired) electrons. The zero-order valence-corrected chi connectivity index (χ0v) is 16.1. The van der Waals surface area contributed by atoms with Crippen LogP contribution in [0, 0.1) is 10.1 Å². The number of hydrogen-bond acceptors (Lipinski definition) is 6. The van der Waals surface area contributed by atoms with Crippen LogP contribution in [-0.2, 0) is 10.0 Å². The fourth-order valence-corrected chi connectivity index (χ4v) is 4.52. The third-order valence-corrected chi connectivity index (χ3v) is 6.57. The third-order valence-electron chi connectivity index (χ3n) is 4.41. The second-order valence-corrected chi connectivity index (χ2v) is 8.33. The highest BCUT2D eigenvalue weighted by Crippen LogP contribution is 2.33. The van der Waals surface area contributed by atoms with Crippen molar-refractivity contribution in [1.29, 1.82) is 0 Å². The van der Waals surface area contributed by atoms with Crippen molar-refractivity contribution in [2.45, 2.75) is 4.90 Å². The lowest BCUT2D eigenvalue weighted by atomic mass is 10.2. The molecule has 0 aliphatic carbocycles. The third kappa shape index (κ3) is 4.00. The first kappa shape index (κ1) is 19.4. The monoisotopic (exact) mass is 411 g/mol. The van der Waals surface area contributed by atoms with E-state index in [0.717, 1.165) is 0 Å². The Morgan fingerprint density at radius 3 is 2.26 bits per heavy atom. The molecule has 1 aliphatic rings. The van der Waals surface area contributed by atoms with Crippen molar-refractivity contribution < 1.29 is 18.1 Å². The summed E-state index contributed by atoms with van der Waals surface area (Å²) in [5.41, 5.74) is 0.382. The van der Waals surface area contributed by atoms with Crippen molar-refractivity contribution in [2.75, 3.05) is 38.2 Å². The predicted octanol–water partition coefficient (Wildman–Crippen LogP) is 2.77. The number of methoxy groups -OCH3 is 1. The number of nitrogens with zero attached hydrogens (tertiary/aromatic N) is 3. The Morgan fingerprint density at radius 2 is 1.70 bits per heavy atom. The normalized spacial score (nSPS) is 15.6. The average molecular weight is 412 g/mol. The first-order valence-electron chi connectivity index (χ1n) is 8.16. The maximum atomic E-state index is 12.7. The Labute approximate surface area is 162 Å². The molecule has 0 atom stereocenters. The fraction of sp³-hybridized carbons (Fsp3) is 0.294. The topological polar surface area (TPSA) is 93.0 Å². The molecule has 0 N–H and O–H groups in total. The van der Waals surface area contributed by atoms with Crippen LogP contribution < -0.4 is 9.64 Å². The number of rotatable bonds is 5. The second kappa shape index (κ2) is 7.71. The van der Waals surface area contributed by atoms with Crippen molar-refractivity contribution in [3.63, 3.8) is 0 Å². The van der Waals surface area contributed by atoms with Gasteiger partial charge < -0.3 is 9.64 Å². The largest absolute Gasteiger partial charge is 0.496 e. The number of nitro benzene ring substituents is 1. The van der Waals surface area contributed by atoms with E-state index in [9.17, 15) is 18.5 Å². The molecule has 2 aromatic carbocycles. The first-order valence-corrected chi connectivity index (χ1v) is 9.98. The van der Waals surface area contributed by atoms with Gasteiger partial charge in [-0.2, -0.15) is 4.31 Å². The van der Waals surface area contributed by atoms with Crippen LogP contribution in [-0.4, -0.2) is 50.9 Å². The Kier molecular flexibility index (Phi) is 5.54. The summed E-state index contributed by atoms with van der Waals surface area (Å²) >= 11 is 5.82. The molecule has 10 heteroatoms. The molecular formula is C17H18ClN3O5S. The number of halogens is 1. The maximum absolute atomic E-state index is 12.7. The number of hydrogen-bond donors (Lipinski definition) is 0. The van der Waals surface area contributed by atoms with E-state index in [0.29, 0.717) is 29.5 Å². The number of anilines is 1. The standard InChI is InChI=1S/C17H18ClN3O5S/c1-26-14-4-7-16(17(12-14)21(22)23)19-8-10-20(11-9-19)27(24,25)15-5-2-13(18)3-6-15/h2-7,12H,8-11H2,1H3. The fourth-order valence-electron chi connectivity index (χ4n) is 2.97. The lowest BCUT2D eigenvalue weighted by Crippen LogP contribution is -2.48. The molecular weight excluding hydrogens is 394 g/mol.